The molecule has 0 atom stereocenters. The molecule has 1 heterocycles. The first-order valence-corrected chi connectivity index (χ1v) is 4.96. The molecule has 0 radical (unpaired) electrons. The van der Waals surface area contributed by atoms with Gasteiger partial charge in [0.2, 0.25) is 0 Å². The second kappa shape index (κ2) is 5.00. The summed E-state index contributed by atoms with van der Waals surface area (Å²) in [5.41, 5.74) is 0.422. The minimum absolute atomic E-state index is 0.124. The van der Waals surface area contributed by atoms with Crippen LogP contribution in [-0.4, -0.2) is 21.0 Å². The first-order chi connectivity index (χ1) is 6.63. The van der Waals surface area contributed by atoms with Crippen molar-refractivity contribution in [3.63, 3.8) is 0 Å². The monoisotopic (exact) mass is 216 g/mol. The van der Waals surface area contributed by atoms with Crippen molar-refractivity contribution < 1.29 is 9.90 Å². The Morgan fingerprint density at radius 2 is 2.36 bits per heavy atom. The van der Waals surface area contributed by atoms with Crippen LogP contribution in [0.15, 0.2) is 0 Å². The number of carbonyl (C=O) groups is 1. The number of unbranched alkanes of at least 4 members (excludes halogenated alkanes) is 1. The van der Waals surface area contributed by atoms with E-state index in [0.29, 0.717) is 10.8 Å². The second-order valence-electron chi connectivity index (χ2n) is 3.12. The lowest BCUT2D eigenvalue weighted by atomic mass is 10.2. The molecule has 0 spiro atoms. The third-order valence-electron chi connectivity index (χ3n) is 1.86. The predicted molar refractivity (Wildman–Crippen MR) is 53.5 cm³/mol. The van der Waals surface area contributed by atoms with Crippen LogP contribution in [0.4, 0.5) is 0 Å². The molecule has 0 saturated carbocycles. The van der Waals surface area contributed by atoms with Gasteiger partial charge in [-0.1, -0.05) is 24.9 Å². The van der Waals surface area contributed by atoms with Gasteiger partial charge < -0.3 is 10.1 Å². The molecule has 4 nitrogen and oxygen atoms in total. The summed E-state index contributed by atoms with van der Waals surface area (Å²) < 4.78 is 0. The van der Waals surface area contributed by atoms with E-state index < -0.39 is 5.97 Å². The summed E-state index contributed by atoms with van der Waals surface area (Å²) in [6, 6.07) is 0. The van der Waals surface area contributed by atoms with E-state index in [-0.39, 0.29) is 6.42 Å². The molecule has 0 aliphatic carbocycles. The van der Waals surface area contributed by atoms with Crippen LogP contribution in [0.1, 0.15) is 31.3 Å². The van der Waals surface area contributed by atoms with Gasteiger partial charge in [0, 0.05) is 6.42 Å². The molecule has 0 bridgehead atoms. The van der Waals surface area contributed by atoms with Crippen LogP contribution in [0.25, 0.3) is 0 Å². The van der Waals surface area contributed by atoms with Crippen molar-refractivity contribution in [2.45, 2.75) is 32.6 Å². The number of aromatic nitrogens is 2. The SMILES string of the molecule is CCCCc1nc(CC(=O)O)c(Cl)[nH]1. The van der Waals surface area contributed by atoms with Crippen LogP contribution in [0.2, 0.25) is 5.15 Å². The number of hydrogen-bond acceptors (Lipinski definition) is 2. The maximum atomic E-state index is 10.4. The third kappa shape index (κ3) is 3.03. The molecule has 1 aromatic heterocycles. The fourth-order valence-electron chi connectivity index (χ4n) is 1.16. The van der Waals surface area contributed by atoms with Gasteiger partial charge in [0.25, 0.3) is 0 Å². The quantitative estimate of drug-likeness (QED) is 0.792. The maximum Gasteiger partial charge on any atom is 0.309 e. The zero-order valence-electron chi connectivity index (χ0n) is 8.01. The van der Waals surface area contributed by atoms with Gasteiger partial charge in [0.15, 0.2) is 0 Å². The molecular formula is C9H13ClN2O2. The van der Waals surface area contributed by atoms with Gasteiger partial charge in [-0.15, -0.1) is 0 Å². The largest absolute Gasteiger partial charge is 0.481 e. The Morgan fingerprint density at radius 1 is 1.64 bits per heavy atom. The number of nitrogens with one attached hydrogen (secondary N) is 1. The minimum atomic E-state index is -0.916. The van der Waals surface area contributed by atoms with Crippen LogP contribution in [-0.2, 0) is 17.6 Å². The molecule has 78 valence electrons. The van der Waals surface area contributed by atoms with E-state index >= 15 is 0 Å². The van der Waals surface area contributed by atoms with E-state index in [1.54, 1.807) is 0 Å². The fraction of sp³-hybridized carbons (Fsp3) is 0.556. The Bertz CT molecular complexity index is 323. The van der Waals surface area contributed by atoms with Crippen molar-refractivity contribution >= 4 is 17.6 Å². The normalized spacial score (nSPS) is 10.4. The van der Waals surface area contributed by atoms with Crippen LogP contribution in [0.3, 0.4) is 0 Å². The second-order valence-corrected chi connectivity index (χ2v) is 3.50. The Hall–Kier alpha value is -1.03. The molecule has 0 amide bonds. The Morgan fingerprint density at radius 3 is 2.93 bits per heavy atom. The van der Waals surface area contributed by atoms with Gasteiger partial charge in [-0.2, -0.15) is 0 Å². The van der Waals surface area contributed by atoms with E-state index in [1.165, 1.54) is 0 Å². The van der Waals surface area contributed by atoms with Crippen LogP contribution in [0.5, 0.6) is 0 Å². The highest BCUT2D eigenvalue weighted by Crippen LogP contribution is 2.14. The van der Waals surface area contributed by atoms with E-state index in [0.717, 1.165) is 25.1 Å². The lowest BCUT2D eigenvalue weighted by Gasteiger charge is -1.91. The number of halogens is 1. The third-order valence-corrected chi connectivity index (χ3v) is 2.18. The average molecular weight is 217 g/mol. The summed E-state index contributed by atoms with van der Waals surface area (Å²) in [6.45, 7) is 2.09. The van der Waals surface area contributed by atoms with Crippen molar-refractivity contribution in [2.24, 2.45) is 0 Å². The molecule has 0 aliphatic heterocycles. The molecular weight excluding hydrogens is 204 g/mol. The molecule has 0 aliphatic rings. The summed E-state index contributed by atoms with van der Waals surface area (Å²) >= 11 is 5.79. The minimum Gasteiger partial charge on any atom is -0.481 e. The fourth-order valence-corrected chi connectivity index (χ4v) is 1.38. The zero-order chi connectivity index (χ0) is 10.6. The Balaban J connectivity index is 2.66. The zero-order valence-corrected chi connectivity index (χ0v) is 8.76. The Kier molecular flexibility index (Phi) is 3.95. The number of carboxylic acids is 1. The van der Waals surface area contributed by atoms with Gasteiger partial charge in [-0.3, -0.25) is 4.79 Å². The molecule has 0 saturated heterocycles. The number of H-pyrrole nitrogens is 1. The van der Waals surface area contributed by atoms with Gasteiger partial charge in [0.05, 0.1) is 12.1 Å². The van der Waals surface area contributed by atoms with E-state index in [4.69, 9.17) is 16.7 Å². The highest BCUT2D eigenvalue weighted by molar-refractivity contribution is 6.30. The average Bonchev–Trinajstić information content (AvgIpc) is 2.43. The maximum absolute atomic E-state index is 10.4. The number of hydrogen-bond donors (Lipinski definition) is 2. The van der Waals surface area contributed by atoms with Crippen LogP contribution in [0, 0.1) is 0 Å². The standard InChI is InChI=1S/C9H13ClN2O2/c1-2-3-4-7-11-6(5-8(13)14)9(10)12-7/h2-5H2,1H3,(H,11,12)(H,13,14). The predicted octanol–water partition coefficient (Wildman–Crippen LogP) is 2.03. The number of carboxylic acid groups (broad SMARTS) is 1. The molecule has 2 N–H and O–H groups in total. The number of rotatable bonds is 5. The summed E-state index contributed by atoms with van der Waals surface area (Å²) in [5, 5.41) is 8.91. The van der Waals surface area contributed by atoms with Crippen molar-refractivity contribution in [2.75, 3.05) is 0 Å². The first kappa shape index (κ1) is 11.0. The van der Waals surface area contributed by atoms with Crippen molar-refractivity contribution in [3.05, 3.63) is 16.7 Å². The molecule has 5 heteroatoms. The van der Waals surface area contributed by atoms with Gasteiger partial charge in [0.1, 0.15) is 11.0 Å². The smallest absolute Gasteiger partial charge is 0.309 e. The molecule has 1 rings (SSSR count). The van der Waals surface area contributed by atoms with Crippen LogP contribution < -0.4 is 0 Å². The number of aryl methyl sites for hydroxylation is 1. The summed E-state index contributed by atoms with van der Waals surface area (Å²) in [7, 11) is 0. The molecule has 0 aromatic carbocycles. The van der Waals surface area contributed by atoms with E-state index in [2.05, 4.69) is 16.9 Å². The van der Waals surface area contributed by atoms with E-state index in [1.807, 2.05) is 0 Å². The highest BCUT2D eigenvalue weighted by atomic mass is 35.5. The van der Waals surface area contributed by atoms with Gasteiger partial charge in [-0.05, 0) is 6.42 Å². The lowest BCUT2D eigenvalue weighted by Crippen LogP contribution is -2.01. The molecule has 1 aromatic rings. The topological polar surface area (TPSA) is 66.0 Å². The number of imidazole rings is 1. The van der Waals surface area contributed by atoms with Crippen LogP contribution >= 0.6 is 11.6 Å². The van der Waals surface area contributed by atoms with Crippen molar-refractivity contribution in [1.29, 1.82) is 0 Å². The summed E-state index contributed by atoms with van der Waals surface area (Å²) in [6.07, 6.45) is 2.79. The molecule has 14 heavy (non-hydrogen) atoms. The van der Waals surface area contributed by atoms with Gasteiger partial charge in [-0.25, -0.2) is 4.98 Å². The molecule has 0 unspecified atom stereocenters. The number of aliphatic carboxylic acids is 1. The van der Waals surface area contributed by atoms with Crippen molar-refractivity contribution in [3.8, 4) is 0 Å². The number of aromatic amines is 1. The lowest BCUT2D eigenvalue weighted by molar-refractivity contribution is -0.136. The van der Waals surface area contributed by atoms with Crippen molar-refractivity contribution in [1.82, 2.24) is 9.97 Å². The van der Waals surface area contributed by atoms with E-state index in [9.17, 15) is 4.79 Å². The summed E-state index contributed by atoms with van der Waals surface area (Å²) in [4.78, 5) is 17.4. The Labute approximate surface area is 87.3 Å². The number of nitrogens with zero attached hydrogens (tertiary/aromatic N) is 1. The highest BCUT2D eigenvalue weighted by Gasteiger charge is 2.11. The summed E-state index contributed by atoms with van der Waals surface area (Å²) in [5.74, 6) is -0.145. The van der Waals surface area contributed by atoms with Gasteiger partial charge >= 0.3 is 5.97 Å². The molecule has 0 fully saturated rings. The first-order valence-electron chi connectivity index (χ1n) is 4.58.